The second-order valence-electron chi connectivity index (χ2n) is 11.6. The van der Waals surface area contributed by atoms with Gasteiger partial charge in [-0.15, -0.1) is 0 Å². The van der Waals surface area contributed by atoms with Crippen LogP contribution in [0.5, 0.6) is 0 Å². The molecule has 0 aliphatic rings. The van der Waals surface area contributed by atoms with Crippen LogP contribution in [0.1, 0.15) is 187 Å². The molecule has 0 heterocycles. The van der Waals surface area contributed by atoms with Gasteiger partial charge in [0.25, 0.3) is 0 Å². The highest BCUT2D eigenvalue weighted by molar-refractivity contribution is 7.80. The van der Waals surface area contributed by atoms with Crippen molar-refractivity contribution in [3.05, 3.63) is 12.2 Å². The van der Waals surface area contributed by atoms with E-state index in [1.165, 1.54) is 154 Å². The molecule has 0 fully saturated rings. The maximum Gasteiger partial charge on any atom is 0.397 e. The first kappa shape index (κ1) is 37.6. The van der Waals surface area contributed by atoms with Crippen molar-refractivity contribution in [2.75, 3.05) is 6.61 Å². The van der Waals surface area contributed by atoms with Crippen molar-refractivity contribution in [1.82, 2.24) is 0 Å². The van der Waals surface area contributed by atoms with Gasteiger partial charge >= 0.3 is 10.4 Å². The van der Waals surface area contributed by atoms with Crippen LogP contribution >= 0.6 is 0 Å². The molecule has 4 nitrogen and oxygen atoms in total. The summed E-state index contributed by atoms with van der Waals surface area (Å²) in [7, 11) is -4.36. The van der Waals surface area contributed by atoms with E-state index in [0.717, 1.165) is 19.3 Å². The average molecular weight is 559 g/mol. The van der Waals surface area contributed by atoms with Gasteiger partial charge in [0.1, 0.15) is 0 Å². The van der Waals surface area contributed by atoms with E-state index in [1.54, 1.807) is 0 Å². The Kier molecular flexibility index (Phi) is 29.3. The van der Waals surface area contributed by atoms with E-state index in [4.69, 9.17) is 4.55 Å². The van der Waals surface area contributed by atoms with Gasteiger partial charge in [0.2, 0.25) is 0 Å². The molecule has 0 aromatic heterocycles. The minimum Gasteiger partial charge on any atom is -0.264 e. The van der Waals surface area contributed by atoms with Gasteiger partial charge in [0, 0.05) is 5.92 Å². The van der Waals surface area contributed by atoms with E-state index in [2.05, 4.69) is 30.2 Å². The van der Waals surface area contributed by atoms with E-state index in [-0.39, 0.29) is 12.5 Å². The van der Waals surface area contributed by atoms with Gasteiger partial charge in [0.05, 0.1) is 6.61 Å². The smallest absolute Gasteiger partial charge is 0.264 e. The molecule has 0 aliphatic heterocycles. The van der Waals surface area contributed by atoms with Crippen LogP contribution in [-0.4, -0.2) is 19.6 Å². The Morgan fingerprint density at radius 3 is 1.26 bits per heavy atom. The van der Waals surface area contributed by atoms with Crippen LogP contribution < -0.4 is 0 Å². The molecule has 0 spiro atoms. The molecule has 1 N–H and O–H groups in total. The molecule has 0 rings (SSSR count). The second kappa shape index (κ2) is 29.6. The first-order valence-corrected chi connectivity index (χ1v) is 18.1. The van der Waals surface area contributed by atoms with Crippen LogP contribution in [0.2, 0.25) is 0 Å². The van der Waals surface area contributed by atoms with Gasteiger partial charge in [-0.1, -0.05) is 180 Å². The first-order chi connectivity index (χ1) is 18.5. The number of hydrogen-bond donors (Lipinski definition) is 1. The summed E-state index contributed by atoms with van der Waals surface area (Å²) in [6.07, 6.45) is 39.9. The second-order valence-corrected chi connectivity index (χ2v) is 12.7. The fourth-order valence-corrected chi connectivity index (χ4v) is 5.57. The van der Waals surface area contributed by atoms with Gasteiger partial charge in [0.15, 0.2) is 0 Å². The summed E-state index contributed by atoms with van der Waals surface area (Å²) in [5.74, 6) is 0.0584. The maximum absolute atomic E-state index is 11.0. The van der Waals surface area contributed by atoms with E-state index in [0.29, 0.717) is 0 Å². The summed E-state index contributed by atoms with van der Waals surface area (Å²) < 4.78 is 35.6. The Hall–Kier alpha value is -0.390. The third-order valence-corrected chi connectivity index (χ3v) is 8.18. The largest absolute Gasteiger partial charge is 0.397 e. The summed E-state index contributed by atoms with van der Waals surface area (Å²) in [5, 5.41) is 0. The van der Waals surface area contributed by atoms with Gasteiger partial charge < -0.3 is 0 Å². The van der Waals surface area contributed by atoms with Crippen LogP contribution in [0, 0.1) is 5.92 Å². The lowest BCUT2D eigenvalue weighted by Crippen LogP contribution is -2.12. The SMILES string of the molecule is CCCCCCCCCCCCCCCCCCCC/C=C/C(CCCCCCCCC)COS(=O)(=O)O. The van der Waals surface area contributed by atoms with Crippen LogP contribution in [0.3, 0.4) is 0 Å². The van der Waals surface area contributed by atoms with Crippen molar-refractivity contribution in [3.63, 3.8) is 0 Å². The number of unbranched alkanes of at least 4 members (excludes halogenated alkanes) is 24. The molecule has 5 heteroatoms. The number of rotatable bonds is 31. The topological polar surface area (TPSA) is 63.6 Å². The molecule has 0 aliphatic carbocycles. The molecule has 0 aromatic rings. The van der Waals surface area contributed by atoms with Crippen molar-refractivity contribution in [3.8, 4) is 0 Å². The van der Waals surface area contributed by atoms with E-state index < -0.39 is 10.4 Å². The van der Waals surface area contributed by atoms with Crippen molar-refractivity contribution in [2.45, 2.75) is 187 Å². The molecule has 0 radical (unpaired) electrons. The molecule has 0 saturated carbocycles. The minimum atomic E-state index is -4.36. The quantitative estimate of drug-likeness (QED) is 0.0522. The van der Waals surface area contributed by atoms with Crippen molar-refractivity contribution >= 4 is 10.4 Å². The molecule has 0 bridgehead atoms. The van der Waals surface area contributed by atoms with Crippen LogP contribution in [0.25, 0.3) is 0 Å². The average Bonchev–Trinajstić information content (AvgIpc) is 2.89. The molecule has 228 valence electrons. The molecule has 0 saturated heterocycles. The van der Waals surface area contributed by atoms with Crippen LogP contribution in [-0.2, 0) is 14.6 Å². The van der Waals surface area contributed by atoms with Crippen molar-refractivity contribution in [2.24, 2.45) is 5.92 Å². The summed E-state index contributed by atoms with van der Waals surface area (Å²) in [4.78, 5) is 0. The third-order valence-electron chi connectivity index (χ3n) is 7.74. The number of hydrogen-bond acceptors (Lipinski definition) is 3. The van der Waals surface area contributed by atoms with E-state index in [9.17, 15) is 8.42 Å². The predicted octanol–water partition coefficient (Wildman–Crippen LogP) is 11.6. The lowest BCUT2D eigenvalue weighted by molar-refractivity contribution is 0.234. The van der Waals surface area contributed by atoms with Crippen molar-refractivity contribution in [1.29, 1.82) is 0 Å². The summed E-state index contributed by atoms with van der Waals surface area (Å²) in [6.45, 7) is 4.56. The van der Waals surface area contributed by atoms with Gasteiger partial charge in [-0.3, -0.25) is 4.55 Å². The molecular formula is C33H66O4S. The zero-order chi connectivity index (χ0) is 28.0. The molecule has 0 amide bonds. The molecule has 1 atom stereocenters. The van der Waals surface area contributed by atoms with Gasteiger partial charge in [-0.25, -0.2) is 4.18 Å². The zero-order valence-electron chi connectivity index (χ0n) is 25.6. The Labute approximate surface area is 239 Å². The van der Waals surface area contributed by atoms with Gasteiger partial charge in [-0.2, -0.15) is 8.42 Å². The van der Waals surface area contributed by atoms with Crippen LogP contribution in [0.15, 0.2) is 12.2 Å². The Balaban J connectivity index is 3.63. The summed E-state index contributed by atoms with van der Waals surface area (Å²) in [6, 6.07) is 0. The Morgan fingerprint density at radius 2 is 0.895 bits per heavy atom. The minimum absolute atomic E-state index is 0.0459. The first-order valence-electron chi connectivity index (χ1n) is 16.8. The normalized spacial score (nSPS) is 13.0. The Morgan fingerprint density at radius 1 is 0.553 bits per heavy atom. The standard InChI is InChI=1S/C33H66O4S/c1-3-5-7-9-11-12-13-14-15-16-17-18-19-20-21-22-23-25-27-29-31-33(32-37-38(34,35)36)30-28-26-24-10-8-6-4-2/h29,31,33H,3-28,30,32H2,1-2H3,(H,34,35,36)/b31-29+. The van der Waals surface area contributed by atoms with Gasteiger partial charge in [-0.05, 0) is 19.3 Å². The molecule has 0 aromatic carbocycles. The fraction of sp³-hybridized carbons (Fsp3) is 0.939. The third kappa shape index (κ3) is 31.8. The highest BCUT2D eigenvalue weighted by Gasteiger charge is 2.11. The maximum atomic E-state index is 11.0. The lowest BCUT2D eigenvalue weighted by atomic mass is 9.99. The molecular weight excluding hydrogens is 492 g/mol. The van der Waals surface area contributed by atoms with E-state index in [1.807, 2.05) is 0 Å². The summed E-state index contributed by atoms with van der Waals surface area (Å²) in [5.41, 5.74) is 0. The molecule has 1 unspecified atom stereocenters. The monoisotopic (exact) mass is 558 g/mol. The number of allylic oxidation sites excluding steroid dienone is 1. The van der Waals surface area contributed by atoms with Crippen molar-refractivity contribution < 1.29 is 17.2 Å². The predicted molar refractivity (Wildman–Crippen MR) is 166 cm³/mol. The lowest BCUT2D eigenvalue weighted by Gasteiger charge is -2.12. The Bertz CT molecular complexity index is 588. The summed E-state index contributed by atoms with van der Waals surface area (Å²) >= 11 is 0. The zero-order valence-corrected chi connectivity index (χ0v) is 26.4. The molecule has 38 heavy (non-hydrogen) atoms. The fourth-order valence-electron chi connectivity index (χ4n) is 5.22. The highest BCUT2D eigenvalue weighted by Crippen LogP contribution is 2.17. The van der Waals surface area contributed by atoms with Crippen LogP contribution in [0.4, 0.5) is 0 Å². The highest BCUT2D eigenvalue weighted by atomic mass is 32.3. The van der Waals surface area contributed by atoms with E-state index >= 15 is 0 Å².